The van der Waals surface area contributed by atoms with E-state index in [1.54, 1.807) is 24.3 Å². The Morgan fingerprint density at radius 2 is 1.65 bits per heavy atom. The summed E-state index contributed by atoms with van der Waals surface area (Å²) in [6.07, 6.45) is 0.261. The van der Waals surface area contributed by atoms with Crippen LogP contribution in [0.4, 0.5) is 0 Å². The second-order valence-electron chi connectivity index (χ2n) is 5.23. The SMILES string of the molecule is O=C(O)C(Cc1ccccc1)NC(C[N+](=O)[O-])c1ccccc1. The second kappa shape index (κ2) is 8.05. The lowest BCUT2D eigenvalue weighted by Crippen LogP contribution is -2.43. The standard InChI is InChI=1S/C17H18N2O4/c20-17(21)15(11-13-7-3-1-4-8-13)18-16(12-19(22)23)14-9-5-2-6-10-14/h1-10,15-16,18H,11-12H2,(H,20,21). The van der Waals surface area contributed by atoms with E-state index in [0.717, 1.165) is 5.56 Å². The Hall–Kier alpha value is -2.73. The Bertz CT molecular complexity index is 646. The highest BCUT2D eigenvalue weighted by Crippen LogP contribution is 2.15. The molecule has 2 aromatic rings. The molecule has 6 heteroatoms. The minimum Gasteiger partial charge on any atom is -0.480 e. The first kappa shape index (κ1) is 16.6. The maximum atomic E-state index is 11.5. The van der Waals surface area contributed by atoms with Gasteiger partial charge in [-0.25, -0.2) is 0 Å². The molecule has 0 aliphatic heterocycles. The van der Waals surface area contributed by atoms with Crippen LogP contribution in [0.3, 0.4) is 0 Å². The van der Waals surface area contributed by atoms with Crippen LogP contribution in [0.2, 0.25) is 0 Å². The van der Waals surface area contributed by atoms with E-state index in [1.807, 2.05) is 36.4 Å². The number of rotatable bonds is 8. The van der Waals surface area contributed by atoms with Crippen LogP contribution in [0.15, 0.2) is 60.7 Å². The number of carboxylic acid groups (broad SMARTS) is 1. The summed E-state index contributed by atoms with van der Waals surface area (Å²) in [7, 11) is 0. The molecular formula is C17H18N2O4. The number of carbonyl (C=O) groups is 1. The van der Waals surface area contributed by atoms with Crippen LogP contribution in [0.5, 0.6) is 0 Å². The Morgan fingerprint density at radius 1 is 1.09 bits per heavy atom. The number of hydrogen-bond donors (Lipinski definition) is 2. The Kier molecular flexibility index (Phi) is 5.82. The van der Waals surface area contributed by atoms with Gasteiger partial charge < -0.3 is 5.11 Å². The van der Waals surface area contributed by atoms with Gasteiger partial charge in [-0.15, -0.1) is 0 Å². The molecule has 0 fully saturated rings. The minimum atomic E-state index is -1.03. The normalized spacial score (nSPS) is 13.2. The van der Waals surface area contributed by atoms with Gasteiger partial charge in [0, 0.05) is 4.92 Å². The number of carboxylic acids is 1. The van der Waals surface area contributed by atoms with Crippen molar-refractivity contribution >= 4 is 5.97 Å². The van der Waals surface area contributed by atoms with Crippen LogP contribution in [0, 0.1) is 10.1 Å². The Labute approximate surface area is 133 Å². The van der Waals surface area contributed by atoms with Gasteiger partial charge in [0.25, 0.3) is 0 Å². The van der Waals surface area contributed by atoms with E-state index in [4.69, 9.17) is 0 Å². The first-order valence-electron chi connectivity index (χ1n) is 7.26. The van der Waals surface area contributed by atoms with Gasteiger partial charge >= 0.3 is 5.97 Å². The Balaban J connectivity index is 2.17. The van der Waals surface area contributed by atoms with Gasteiger partial charge in [0.2, 0.25) is 6.54 Å². The minimum absolute atomic E-state index is 0.261. The molecule has 0 aromatic heterocycles. The van der Waals surface area contributed by atoms with Crippen LogP contribution in [0.1, 0.15) is 17.2 Å². The number of aliphatic carboxylic acids is 1. The first-order chi connectivity index (χ1) is 11.1. The number of nitrogens with one attached hydrogen (secondary N) is 1. The summed E-state index contributed by atoms with van der Waals surface area (Å²) < 4.78 is 0. The maximum absolute atomic E-state index is 11.5. The molecular weight excluding hydrogens is 296 g/mol. The van der Waals surface area contributed by atoms with E-state index in [1.165, 1.54) is 0 Å². The van der Waals surface area contributed by atoms with Gasteiger partial charge in [0.15, 0.2) is 0 Å². The molecule has 0 saturated heterocycles. The first-order valence-corrected chi connectivity index (χ1v) is 7.26. The van der Waals surface area contributed by atoms with Crippen molar-refractivity contribution < 1.29 is 14.8 Å². The molecule has 0 radical (unpaired) electrons. The zero-order valence-corrected chi connectivity index (χ0v) is 12.5. The highest BCUT2D eigenvalue weighted by Gasteiger charge is 2.26. The summed E-state index contributed by atoms with van der Waals surface area (Å²) >= 11 is 0. The lowest BCUT2D eigenvalue weighted by Gasteiger charge is -2.21. The molecule has 0 spiro atoms. The van der Waals surface area contributed by atoms with E-state index >= 15 is 0 Å². The zero-order chi connectivity index (χ0) is 16.7. The van der Waals surface area contributed by atoms with E-state index in [9.17, 15) is 20.0 Å². The fourth-order valence-corrected chi connectivity index (χ4v) is 2.40. The molecule has 2 N–H and O–H groups in total. The van der Waals surface area contributed by atoms with E-state index in [0.29, 0.717) is 5.56 Å². The summed E-state index contributed by atoms with van der Waals surface area (Å²) in [5, 5.41) is 23.3. The molecule has 6 nitrogen and oxygen atoms in total. The molecule has 2 atom stereocenters. The molecule has 2 unspecified atom stereocenters. The summed E-state index contributed by atoms with van der Waals surface area (Å²) in [5.74, 6) is -1.03. The molecule has 2 rings (SSSR count). The topological polar surface area (TPSA) is 92.5 Å². The highest BCUT2D eigenvalue weighted by molar-refractivity contribution is 5.74. The average Bonchev–Trinajstić information content (AvgIpc) is 2.54. The summed E-state index contributed by atoms with van der Waals surface area (Å²) in [6, 6.07) is 16.5. The largest absolute Gasteiger partial charge is 0.480 e. The quantitative estimate of drug-likeness (QED) is 0.576. The Morgan fingerprint density at radius 3 is 2.17 bits per heavy atom. The van der Waals surface area contributed by atoms with Crippen molar-refractivity contribution in [3.05, 3.63) is 81.9 Å². The smallest absolute Gasteiger partial charge is 0.321 e. The highest BCUT2D eigenvalue weighted by atomic mass is 16.6. The number of nitro groups is 1. The third-order valence-electron chi connectivity index (χ3n) is 3.52. The molecule has 0 heterocycles. The van der Waals surface area contributed by atoms with E-state index in [2.05, 4.69) is 5.32 Å². The van der Waals surface area contributed by atoms with Crippen molar-refractivity contribution in [3.63, 3.8) is 0 Å². The van der Waals surface area contributed by atoms with E-state index in [-0.39, 0.29) is 13.0 Å². The van der Waals surface area contributed by atoms with Gasteiger partial charge in [-0.3, -0.25) is 20.2 Å². The fourth-order valence-electron chi connectivity index (χ4n) is 2.40. The van der Waals surface area contributed by atoms with Crippen molar-refractivity contribution in [1.29, 1.82) is 0 Å². The second-order valence-corrected chi connectivity index (χ2v) is 5.23. The maximum Gasteiger partial charge on any atom is 0.321 e. The van der Waals surface area contributed by atoms with Gasteiger partial charge in [0.05, 0.1) is 6.04 Å². The van der Waals surface area contributed by atoms with Crippen LogP contribution >= 0.6 is 0 Å². The molecule has 120 valence electrons. The predicted molar refractivity (Wildman–Crippen MR) is 85.7 cm³/mol. The van der Waals surface area contributed by atoms with Crippen molar-refractivity contribution in [2.24, 2.45) is 0 Å². The third-order valence-corrected chi connectivity index (χ3v) is 3.52. The summed E-state index contributed by atoms with van der Waals surface area (Å²) in [6.45, 7) is -0.372. The fraction of sp³-hybridized carbons (Fsp3) is 0.235. The number of hydrogen-bond acceptors (Lipinski definition) is 4. The monoisotopic (exact) mass is 314 g/mol. The van der Waals surface area contributed by atoms with Gasteiger partial charge in [0.1, 0.15) is 6.04 Å². The summed E-state index contributed by atoms with van der Waals surface area (Å²) in [4.78, 5) is 22.0. The predicted octanol–water partition coefficient (Wildman–Crippen LogP) is 2.29. The van der Waals surface area contributed by atoms with Gasteiger partial charge in [-0.2, -0.15) is 0 Å². The molecule has 0 aliphatic carbocycles. The third kappa shape index (κ3) is 5.19. The number of nitrogens with zero attached hydrogens (tertiary/aromatic N) is 1. The van der Waals surface area contributed by atoms with Gasteiger partial charge in [-0.1, -0.05) is 60.7 Å². The molecule has 0 saturated carbocycles. The van der Waals surface area contributed by atoms with E-state index < -0.39 is 23.0 Å². The molecule has 2 aromatic carbocycles. The molecule has 23 heavy (non-hydrogen) atoms. The van der Waals surface area contributed by atoms with Gasteiger partial charge in [-0.05, 0) is 17.5 Å². The molecule has 0 aliphatic rings. The van der Waals surface area contributed by atoms with Crippen molar-refractivity contribution in [3.8, 4) is 0 Å². The summed E-state index contributed by atoms with van der Waals surface area (Å²) in [5.41, 5.74) is 1.56. The van der Waals surface area contributed by atoms with Crippen LogP contribution in [-0.2, 0) is 11.2 Å². The molecule has 0 bridgehead atoms. The average molecular weight is 314 g/mol. The van der Waals surface area contributed by atoms with Crippen molar-refractivity contribution in [2.75, 3.05) is 6.54 Å². The molecule has 0 amide bonds. The van der Waals surface area contributed by atoms with Crippen molar-refractivity contribution in [2.45, 2.75) is 18.5 Å². The van der Waals surface area contributed by atoms with Crippen LogP contribution in [0.25, 0.3) is 0 Å². The van der Waals surface area contributed by atoms with Crippen molar-refractivity contribution in [1.82, 2.24) is 5.32 Å². The van der Waals surface area contributed by atoms with Crippen LogP contribution < -0.4 is 5.32 Å². The number of benzene rings is 2. The lowest BCUT2D eigenvalue weighted by atomic mass is 10.0. The lowest BCUT2D eigenvalue weighted by molar-refractivity contribution is -0.484. The zero-order valence-electron chi connectivity index (χ0n) is 12.5. The van der Waals surface area contributed by atoms with Crippen LogP contribution in [-0.4, -0.2) is 28.6 Å².